The highest BCUT2D eigenvalue weighted by Gasteiger charge is 2.03. The summed E-state index contributed by atoms with van der Waals surface area (Å²) >= 11 is 5.69. The van der Waals surface area contributed by atoms with Crippen molar-refractivity contribution in [1.82, 2.24) is 9.97 Å². The van der Waals surface area contributed by atoms with Crippen molar-refractivity contribution < 1.29 is 0 Å². The summed E-state index contributed by atoms with van der Waals surface area (Å²) in [6, 6.07) is 1.59. The van der Waals surface area contributed by atoms with Crippen LogP contribution in [-0.2, 0) is 0 Å². The third-order valence-electron chi connectivity index (χ3n) is 1.29. The van der Waals surface area contributed by atoms with Crippen molar-refractivity contribution in [3.05, 3.63) is 22.7 Å². The van der Waals surface area contributed by atoms with E-state index >= 15 is 0 Å². The molecule has 1 aromatic rings. The van der Waals surface area contributed by atoms with E-state index in [2.05, 4.69) is 9.97 Å². The van der Waals surface area contributed by atoms with Crippen LogP contribution in [0.15, 0.2) is 6.07 Å². The summed E-state index contributed by atoms with van der Waals surface area (Å²) in [5.41, 5.74) is 6.38. The zero-order chi connectivity index (χ0) is 8.43. The number of aromatic nitrogens is 2. The van der Waals surface area contributed by atoms with Crippen LogP contribution < -0.4 is 5.73 Å². The molecule has 0 radical (unpaired) electrons. The molecule has 0 aromatic carbocycles. The molecule has 0 fully saturated rings. The smallest absolute Gasteiger partial charge is 0.133 e. The van der Waals surface area contributed by atoms with Crippen LogP contribution in [0.5, 0.6) is 0 Å². The zero-order valence-electron chi connectivity index (χ0n) is 6.50. The molecule has 4 heteroatoms. The average molecular weight is 172 g/mol. The van der Waals surface area contributed by atoms with Crippen LogP contribution in [0, 0.1) is 6.92 Å². The third kappa shape index (κ3) is 2.13. The highest BCUT2D eigenvalue weighted by molar-refractivity contribution is 6.29. The molecule has 0 aliphatic rings. The fourth-order valence-electron chi connectivity index (χ4n) is 0.786. The lowest BCUT2D eigenvalue weighted by Crippen LogP contribution is -2.08. The monoisotopic (exact) mass is 171 g/mol. The van der Waals surface area contributed by atoms with E-state index in [1.54, 1.807) is 13.0 Å². The Balaban J connectivity index is 3.08. The number of hydrogen-bond donors (Lipinski definition) is 1. The first-order chi connectivity index (χ1) is 5.09. The summed E-state index contributed by atoms with van der Waals surface area (Å²) in [5, 5.41) is 0.449. The van der Waals surface area contributed by atoms with Crippen molar-refractivity contribution in [1.29, 1.82) is 0 Å². The van der Waals surface area contributed by atoms with Gasteiger partial charge in [0.2, 0.25) is 0 Å². The van der Waals surface area contributed by atoms with E-state index in [1.807, 2.05) is 6.92 Å². The average Bonchev–Trinajstić information content (AvgIpc) is 1.85. The maximum Gasteiger partial charge on any atom is 0.133 e. The minimum Gasteiger partial charge on any atom is -0.323 e. The first-order valence-corrected chi connectivity index (χ1v) is 3.74. The van der Waals surface area contributed by atoms with Gasteiger partial charge < -0.3 is 5.73 Å². The van der Waals surface area contributed by atoms with Gasteiger partial charge in [-0.25, -0.2) is 9.97 Å². The van der Waals surface area contributed by atoms with E-state index in [9.17, 15) is 0 Å². The van der Waals surface area contributed by atoms with Gasteiger partial charge in [0, 0.05) is 6.04 Å². The van der Waals surface area contributed by atoms with Crippen LogP contribution in [0.1, 0.15) is 24.5 Å². The summed E-state index contributed by atoms with van der Waals surface area (Å²) < 4.78 is 0. The van der Waals surface area contributed by atoms with Crippen molar-refractivity contribution in [3.8, 4) is 0 Å². The second-order valence-corrected chi connectivity index (χ2v) is 2.84. The lowest BCUT2D eigenvalue weighted by molar-refractivity contribution is 0.765. The predicted molar refractivity (Wildman–Crippen MR) is 44.4 cm³/mol. The largest absolute Gasteiger partial charge is 0.323 e. The van der Waals surface area contributed by atoms with E-state index in [-0.39, 0.29) is 6.04 Å². The molecule has 0 amide bonds. The molecule has 2 N–H and O–H groups in total. The Morgan fingerprint density at radius 3 is 2.64 bits per heavy atom. The minimum absolute atomic E-state index is 0.0887. The maximum absolute atomic E-state index is 5.69. The molecule has 11 heavy (non-hydrogen) atoms. The van der Waals surface area contributed by atoms with E-state index < -0.39 is 0 Å². The quantitative estimate of drug-likeness (QED) is 0.651. The van der Waals surface area contributed by atoms with Crippen molar-refractivity contribution in [2.45, 2.75) is 19.9 Å². The van der Waals surface area contributed by atoms with Gasteiger partial charge in [0.25, 0.3) is 0 Å². The second kappa shape index (κ2) is 3.15. The minimum atomic E-state index is -0.0887. The van der Waals surface area contributed by atoms with Crippen LogP contribution >= 0.6 is 11.6 Å². The highest BCUT2D eigenvalue weighted by atomic mass is 35.5. The Labute approximate surface area is 70.6 Å². The normalized spacial score (nSPS) is 13.1. The number of aryl methyl sites for hydroxylation is 1. The molecule has 0 saturated heterocycles. The SMILES string of the molecule is Cc1nc(Cl)cc(C(C)N)n1. The molecule has 60 valence electrons. The predicted octanol–water partition coefficient (Wildman–Crippen LogP) is 1.46. The van der Waals surface area contributed by atoms with Crippen LogP contribution in [-0.4, -0.2) is 9.97 Å². The molecule has 0 bridgehead atoms. The van der Waals surface area contributed by atoms with Gasteiger partial charge in [0.1, 0.15) is 11.0 Å². The van der Waals surface area contributed by atoms with E-state index in [4.69, 9.17) is 17.3 Å². The summed E-state index contributed by atoms with van der Waals surface area (Å²) in [5.74, 6) is 0.657. The van der Waals surface area contributed by atoms with E-state index in [1.165, 1.54) is 0 Å². The lowest BCUT2D eigenvalue weighted by atomic mass is 10.2. The van der Waals surface area contributed by atoms with Gasteiger partial charge in [0.05, 0.1) is 5.69 Å². The summed E-state index contributed by atoms with van der Waals surface area (Å²) in [7, 11) is 0. The first kappa shape index (κ1) is 8.43. The van der Waals surface area contributed by atoms with Gasteiger partial charge in [-0.1, -0.05) is 11.6 Å². The molecule has 1 rings (SSSR count). The lowest BCUT2D eigenvalue weighted by Gasteiger charge is -2.04. The number of halogens is 1. The van der Waals surface area contributed by atoms with Crippen LogP contribution in [0.25, 0.3) is 0 Å². The van der Waals surface area contributed by atoms with Gasteiger partial charge in [-0.05, 0) is 19.9 Å². The molecular weight excluding hydrogens is 162 g/mol. The Kier molecular flexibility index (Phi) is 2.42. The Morgan fingerprint density at radius 2 is 2.18 bits per heavy atom. The molecule has 1 atom stereocenters. The van der Waals surface area contributed by atoms with Gasteiger partial charge in [0.15, 0.2) is 0 Å². The fraction of sp³-hybridized carbons (Fsp3) is 0.429. The Hall–Kier alpha value is -0.670. The van der Waals surface area contributed by atoms with Crippen LogP contribution in [0.3, 0.4) is 0 Å². The molecule has 0 aliphatic heterocycles. The van der Waals surface area contributed by atoms with Gasteiger partial charge in [-0.2, -0.15) is 0 Å². The Morgan fingerprint density at radius 1 is 1.55 bits per heavy atom. The van der Waals surface area contributed by atoms with Crippen molar-refractivity contribution in [2.24, 2.45) is 5.73 Å². The topological polar surface area (TPSA) is 51.8 Å². The molecule has 0 spiro atoms. The molecule has 3 nitrogen and oxygen atoms in total. The van der Waals surface area contributed by atoms with Crippen LogP contribution in [0.4, 0.5) is 0 Å². The summed E-state index contributed by atoms with van der Waals surface area (Å²) in [6.45, 7) is 3.65. The van der Waals surface area contributed by atoms with Gasteiger partial charge in [-0.15, -0.1) is 0 Å². The second-order valence-electron chi connectivity index (χ2n) is 2.45. The molecule has 1 unspecified atom stereocenters. The van der Waals surface area contributed by atoms with Gasteiger partial charge >= 0.3 is 0 Å². The molecule has 0 saturated carbocycles. The first-order valence-electron chi connectivity index (χ1n) is 3.36. The number of rotatable bonds is 1. The molecule has 0 aliphatic carbocycles. The van der Waals surface area contributed by atoms with E-state index in [0.717, 1.165) is 5.69 Å². The fourth-order valence-corrected chi connectivity index (χ4v) is 1.02. The van der Waals surface area contributed by atoms with Crippen molar-refractivity contribution in [2.75, 3.05) is 0 Å². The summed E-state index contributed by atoms with van der Waals surface area (Å²) in [4.78, 5) is 8.03. The highest BCUT2D eigenvalue weighted by Crippen LogP contribution is 2.11. The standard InChI is InChI=1S/C7H10ClN3/c1-4(9)6-3-7(8)11-5(2)10-6/h3-4H,9H2,1-2H3. The zero-order valence-corrected chi connectivity index (χ0v) is 7.26. The number of nitrogens with two attached hydrogens (primary N) is 1. The summed E-state index contributed by atoms with van der Waals surface area (Å²) in [6.07, 6.45) is 0. The van der Waals surface area contributed by atoms with Crippen LogP contribution in [0.2, 0.25) is 5.15 Å². The van der Waals surface area contributed by atoms with Crippen molar-refractivity contribution >= 4 is 11.6 Å². The number of nitrogens with zero attached hydrogens (tertiary/aromatic N) is 2. The molecule has 1 heterocycles. The Bertz CT molecular complexity index is 240. The molecular formula is C7H10ClN3. The van der Waals surface area contributed by atoms with E-state index in [0.29, 0.717) is 11.0 Å². The van der Waals surface area contributed by atoms with Gasteiger partial charge in [-0.3, -0.25) is 0 Å². The van der Waals surface area contributed by atoms with Crippen molar-refractivity contribution in [3.63, 3.8) is 0 Å². The third-order valence-corrected chi connectivity index (χ3v) is 1.49. The molecule has 1 aromatic heterocycles. The maximum atomic E-state index is 5.69. The number of hydrogen-bond acceptors (Lipinski definition) is 3.